The first-order valence-electron chi connectivity index (χ1n) is 17.8. The first-order valence-corrected chi connectivity index (χ1v) is 18.6. The van der Waals surface area contributed by atoms with E-state index in [-0.39, 0.29) is 0 Å². The van der Waals surface area contributed by atoms with Crippen molar-refractivity contribution < 1.29 is 0 Å². The van der Waals surface area contributed by atoms with Crippen LogP contribution in [0.25, 0.3) is 75.1 Å². The minimum Gasteiger partial charge on any atom is -0.310 e. The first-order chi connectivity index (χ1) is 25.8. The fourth-order valence-corrected chi connectivity index (χ4v) is 9.06. The lowest BCUT2D eigenvalue weighted by Gasteiger charge is -2.26. The third-order valence-corrected chi connectivity index (χ3v) is 11.4. The fraction of sp³-hybridized carbons (Fsp3) is 0. The highest BCUT2D eigenvalue weighted by molar-refractivity contribution is 7.26. The summed E-state index contributed by atoms with van der Waals surface area (Å²) in [7, 11) is 0. The second kappa shape index (κ2) is 12.7. The summed E-state index contributed by atoms with van der Waals surface area (Å²) < 4.78 is 2.66. The van der Waals surface area contributed by atoms with E-state index in [9.17, 15) is 0 Å². The molecule has 0 bridgehead atoms. The Morgan fingerprint density at radius 3 is 1.54 bits per heavy atom. The van der Waals surface area contributed by atoms with Crippen LogP contribution in [0.3, 0.4) is 0 Å². The summed E-state index contributed by atoms with van der Waals surface area (Å²) in [4.78, 5) is 2.37. The summed E-state index contributed by atoms with van der Waals surface area (Å²) in [5.74, 6) is 0. The van der Waals surface area contributed by atoms with Gasteiger partial charge in [-0.15, -0.1) is 11.3 Å². The molecule has 1 heterocycles. The Morgan fingerprint density at radius 1 is 0.327 bits per heavy atom. The molecule has 0 aliphatic rings. The van der Waals surface area contributed by atoms with Gasteiger partial charge in [0, 0.05) is 42.6 Å². The molecule has 52 heavy (non-hydrogen) atoms. The highest BCUT2D eigenvalue weighted by Gasteiger charge is 2.22. The van der Waals surface area contributed by atoms with Crippen LogP contribution in [0.2, 0.25) is 0 Å². The van der Waals surface area contributed by atoms with Gasteiger partial charge in [-0.2, -0.15) is 0 Å². The van der Waals surface area contributed by atoms with Crippen LogP contribution in [-0.4, -0.2) is 0 Å². The number of anilines is 3. The standard InChI is InChI=1S/C50H33NS/c1-3-13-34(14-4-1)36-23-28-40(29-24-36)51(42-32-25-35-15-7-8-18-39(35)33-42)41-30-26-38(27-31-41)47-43-19-9-10-20-44(43)50-49(45-21-11-12-22-46(45)52-50)48(47)37-16-5-2-6-17-37/h1-33H. The summed E-state index contributed by atoms with van der Waals surface area (Å²) >= 11 is 1.90. The third-order valence-electron chi connectivity index (χ3n) is 10.2. The van der Waals surface area contributed by atoms with Crippen molar-refractivity contribution in [1.82, 2.24) is 0 Å². The molecule has 10 rings (SSSR count). The van der Waals surface area contributed by atoms with Crippen LogP contribution in [0.4, 0.5) is 17.1 Å². The molecular weight excluding hydrogens is 647 g/mol. The van der Waals surface area contributed by atoms with Gasteiger partial charge in [0.1, 0.15) is 0 Å². The lowest BCUT2D eigenvalue weighted by Crippen LogP contribution is -2.09. The summed E-state index contributed by atoms with van der Waals surface area (Å²) in [6, 6.07) is 72.8. The molecule has 1 aromatic heterocycles. The van der Waals surface area contributed by atoms with Crippen molar-refractivity contribution >= 4 is 70.1 Å². The normalized spacial score (nSPS) is 11.5. The summed E-state index contributed by atoms with van der Waals surface area (Å²) in [5, 5.41) is 7.67. The van der Waals surface area contributed by atoms with Crippen molar-refractivity contribution in [1.29, 1.82) is 0 Å². The lowest BCUT2D eigenvalue weighted by molar-refractivity contribution is 1.29. The Labute approximate surface area is 307 Å². The van der Waals surface area contributed by atoms with Gasteiger partial charge in [-0.05, 0) is 92.0 Å². The van der Waals surface area contributed by atoms with E-state index in [0.29, 0.717) is 0 Å². The second-order valence-electron chi connectivity index (χ2n) is 13.3. The van der Waals surface area contributed by atoms with Crippen molar-refractivity contribution in [2.45, 2.75) is 0 Å². The number of rotatable bonds is 6. The molecule has 0 atom stereocenters. The molecule has 0 aliphatic heterocycles. The Kier molecular flexibility index (Phi) is 7.41. The molecule has 0 unspecified atom stereocenters. The molecule has 1 nitrogen and oxygen atoms in total. The van der Waals surface area contributed by atoms with E-state index in [2.05, 4.69) is 205 Å². The Bertz CT molecular complexity index is 2870. The summed E-state index contributed by atoms with van der Waals surface area (Å²) in [6.07, 6.45) is 0. The van der Waals surface area contributed by atoms with Gasteiger partial charge < -0.3 is 4.90 Å². The van der Waals surface area contributed by atoms with Gasteiger partial charge in [-0.25, -0.2) is 0 Å². The number of hydrogen-bond acceptors (Lipinski definition) is 2. The van der Waals surface area contributed by atoms with Crippen molar-refractivity contribution in [2.24, 2.45) is 0 Å². The molecule has 244 valence electrons. The molecule has 0 saturated heterocycles. The molecule has 0 radical (unpaired) electrons. The largest absolute Gasteiger partial charge is 0.310 e. The van der Waals surface area contributed by atoms with Gasteiger partial charge in [0.05, 0.1) is 0 Å². The maximum Gasteiger partial charge on any atom is 0.0468 e. The molecule has 0 aliphatic carbocycles. The van der Waals surface area contributed by atoms with E-state index in [1.54, 1.807) is 0 Å². The smallest absolute Gasteiger partial charge is 0.0468 e. The summed E-state index contributed by atoms with van der Waals surface area (Å²) in [5.41, 5.74) is 10.8. The highest BCUT2D eigenvalue weighted by atomic mass is 32.1. The van der Waals surface area contributed by atoms with Gasteiger partial charge in [-0.3, -0.25) is 0 Å². The van der Waals surface area contributed by atoms with Crippen molar-refractivity contribution in [3.63, 3.8) is 0 Å². The van der Waals surface area contributed by atoms with Gasteiger partial charge in [0.15, 0.2) is 0 Å². The van der Waals surface area contributed by atoms with E-state index in [0.717, 1.165) is 17.1 Å². The quantitative estimate of drug-likeness (QED) is 0.169. The maximum absolute atomic E-state index is 2.37. The topological polar surface area (TPSA) is 3.24 Å². The second-order valence-corrected chi connectivity index (χ2v) is 14.3. The van der Waals surface area contributed by atoms with Crippen LogP contribution in [0, 0.1) is 0 Å². The van der Waals surface area contributed by atoms with E-state index in [1.165, 1.54) is 75.1 Å². The van der Waals surface area contributed by atoms with Crippen LogP contribution < -0.4 is 4.90 Å². The first kappa shape index (κ1) is 30.4. The Morgan fingerprint density at radius 2 is 0.827 bits per heavy atom. The van der Waals surface area contributed by atoms with E-state index in [4.69, 9.17) is 0 Å². The molecule has 10 aromatic rings. The average Bonchev–Trinajstić information content (AvgIpc) is 3.61. The van der Waals surface area contributed by atoms with Gasteiger partial charge in [0.2, 0.25) is 0 Å². The molecule has 0 amide bonds. The number of hydrogen-bond donors (Lipinski definition) is 0. The SMILES string of the molecule is c1ccc(-c2ccc(N(c3ccc(-c4c(-c5ccccc5)c5c6ccccc6sc5c5ccccc45)cc3)c3ccc4ccccc4c3)cc2)cc1. The predicted molar refractivity (Wildman–Crippen MR) is 225 cm³/mol. The molecule has 2 heteroatoms. The molecule has 0 saturated carbocycles. The Balaban J connectivity index is 1.17. The highest BCUT2D eigenvalue weighted by Crippen LogP contribution is 2.50. The van der Waals surface area contributed by atoms with E-state index < -0.39 is 0 Å². The predicted octanol–water partition coefficient (Wildman–Crippen LogP) is 14.8. The van der Waals surface area contributed by atoms with Crippen LogP contribution in [0.1, 0.15) is 0 Å². The molecule has 9 aromatic carbocycles. The van der Waals surface area contributed by atoms with Crippen molar-refractivity contribution in [2.75, 3.05) is 4.90 Å². The van der Waals surface area contributed by atoms with Crippen molar-refractivity contribution in [3.05, 3.63) is 200 Å². The molecular formula is C50H33NS. The number of benzene rings is 9. The Hall–Kier alpha value is -6.48. The molecule has 0 N–H and O–H groups in total. The molecule has 0 spiro atoms. The fourth-order valence-electron chi connectivity index (χ4n) is 7.81. The van der Waals surface area contributed by atoms with Gasteiger partial charge in [-0.1, -0.05) is 158 Å². The van der Waals surface area contributed by atoms with Crippen molar-refractivity contribution in [3.8, 4) is 33.4 Å². The molecule has 0 fully saturated rings. The zero-order valence-corrected chi connectivity index (χ0v) is 29.2. The monoisotopic (exact) mass is 679 g/mol. The van der Waals surface area contributed by atoms with Crippen LogP contribution in [0.5, 0.6) is 0 Å². The number of nitrogens with zero attached hydrogens (tertiary/aromatic N) is 1. The maximum atomic E-state index is 2.37. The van der Waals surface area contributed by atoms with Crippen LogP contribution in [0.15, 0.2) is 200 Å². The van der Waals surface area contributed by atoms with Crippen LogP contribution >= 0.6 is 11.3 Å². The summed E-state index contributed by atoms with van der Waals surface area (Å²) in [6.45, 7) is 0. The number of thiophene rings is 1. The lowest BCUT2D eigenvalue weighted by atomic mass is 9.86. The zero-order chi connectivity index (χ0) is 34.4. The zero-order valence-electron chi connectivity index (χ0n) is 28.4. The minimum atomic E-state index is 1.11. The minimum absolute atomic E-state index is 1.11. The van der Waals surface area contributed by atoms with E-state index >= 15 is 0 Å². The number of fused-ring (bicyclic) bond motifs is 6. The van der Waals surface area contributed by atoms with Gasteiger partial charge in [0.25, 0.3) is 0 Å². The average molecular weight is 680 g/mol. The third kappa shape index (κ3) is 5.16. The van der Waals surface area contributed by atoms with E-state index in [1.807, 2.05) is 11.3 Å². The van der Waals surface area contributed by atoms with Crippen LogP contribution in [-0.2, 0) is 0 Å². The van der Waals surface area contributed by atoms with Gasteiger partial charge >= 0.3 is 0 Å².